The van der Waals surface area contributed by atoms with Crippen LogP contribution in [-0.4, -0.2) is 40.6 Å². The van der Waals surface area contributed by atoms with Crippen molar-refractivity contribution in [3.8, 4) is 0 Å². The van der Waals surface area contributed by atoms with Crippen molar-refractivity contribution in [2.24, 2.45) is 11.7 Å². The van der Waals surface area contributed by atoms with Crippen LogP contribution >= 0.6 is 0 Å². The SMILES string of the molecule is CC(O)(CN)Cc1nc(CC2CCOC2)no1. The summed E-state index contributed by atoms with van der Waals surface area (Å²) in [7, 11) is 0. The van der Waals surface area contributed by atoms with Crippen LogP contribution in [0.1, 0.15) is 25.1 Å². The average Bonchev–Trinajstić information content (AvgIpc) is 2.91. The molecule has 1 aliphatic heterocycles. The molecule has 0 bridgehead atoms. The van der Waals surface area contributed by atoms with Crippen LogP contribution in [0.15, 0.2) is 4.52 Å². The van der Waals surface area contributed by atoms with Crippen LogP contribution in [0.5, 0.6) is 0 Å². The van der Waals surface area contributed by atoms with E-state index in [4.69, 9.17) is 15.0 Å². The van der Waals surface area contributed by atoms with Gasteiger partial charge in [-0.1, -0.05) is 5.16 Å². The molecule has 17 heavy (non-hydrogen) atoms. The fourth-order valence-electron chi connectivity index (χ4n) is 1.85. The minimum atomic E-state index is -0.986. The predicted molar refractivity (Wildman–Crippen MR) is 60.3 cm³/mol. The maximum absolute atomic E-state index is 9.80. The van der Waals surface area contributed by atoms with Gasteiger partial charge in [-0.15, -0.1) is 0 Å². The lowest BCUT2D eigenvalue weighted by molar-refractivity contribution is 0.0610. The summed E-state index contributed by atoms with van der Waals surface area (Å²) in [6, 6.07) is 0. The first kappa shape index (κ1) is 12.5. The van der Waals surface area contributed by atoms with Crippen LogP contribution in [0.4, 0.5) is 0 Å². The first-order valence-electron chi connectivity index (χ1n) is 5.91. The van der Waals surface area contributed by atoms with Crippen LogP contribution in [0, 0.1) is 5.92 Å². The number of ether oxygens (including phenoxy) is 1. The van der Waals surface area contributed by atoms with Crippen molar-refractivity contribution in [3.63, 3.8) is 0 Å². The van der Waals surface area contributed by atoms with Crippen molar-refractivity contribution in [1.29, 1.82) is 0 Å². The lowest BCUT2D eigenvalue weighted by atomic mass is 10.0. The molecule has 2 rings (SSSR count). The number of hydrogen-bond donors (Lipinski definition) is 2. The van der Waals surface area contributed by atoms with Gasteiger partial charge in [0.1, 0.15) is 0 Å². The Morgan fingerprint density at radius 1 is 1.59 bits per heavy atom. The van der Waals surface area contributed by atoms with E-state index in [1.807, 2.05) is 0 Å². The quantitative estimate of drug-likeness (QED) is 0.747. The molecule has 6 nitrogen and oxygen atoms in total. The normalized spacial score (nSPS) is 23.8. The van der Waals surface area contributed by atoms with E-state index in [2.05, 4.69) is 10.1 Å². The summed E-state index contributed by atoms with van der Waals surface area (Å²) in [5.74, 6) is 1.60. The third kappa shape index (κ3) is 3.49. The second kappa shape index (κ2) is 5.12. The Kier molecular flexibility index (Phi) is 3.76. The summed E-state index contributed by atoms with van der Waals surface area (Å²) in [6.45, 7) is 3.41. The number of nitrogens with two attached hydrogens (primary N) is 1. The van der Waals surface area contributed by atoms with Crippen LogP contribution in [-0.2, 0) is 17.6 Å². The number of aromatic nitrogens is 2. The van der Waals surface area contributed by atoms with E-state index in [0.29, 0.717) is 17.6 Å². The topological polar surface area (TPSA) is 94.4 Å². The predicted octanol–water partition coefficient (Wildman–Crippen LogP) is -0.0992. The Morgan fingerprint density at radius 2 is 2.41 bits per heavy atom. The third-order valence-corrected chi connectivity index (χ3v) is 2.98. The lowest BCUT2D eigenvalue weighted by Crippen LogP contribution is -2.36. The number of hydrogen-bond acceptors (Lipinski definition) is 6. The van der Waals surface area contributed by atoms with Crippen molar-refractivity contribution < 1.29 is 14.4 Å². The highest BCUT2D eigenvalue weighted by molar-refractivity contribution is 4.93. The van der Waals surface area contributed by atoms with Gasteiger partial charge in [-0.25, -0.2) is 0 Å². The molecule has 1 fully saturated rings. The van der Waals surface area contributed by atoms with Gasteiger partial charge in [-0.3, -0.25) is 0 Å². The average molecular weight is 241 g/mol. The van der Waals surface area contributed by atoms with Gasteiger partial charge in [-0.05, 0) is 19.3 Å². The van der Waals surface area contributed by atoms with Crippen LogP contribution < -0.4 is 5.73 Å². The van der Waals surface area contributed by atoms with E-state index < -0.39 is 5.60 Å². The van der Waals surface area contributed by atoms with Gasteiger partial charge < -0.3 is 20.1 Å². The minimum Gasteiger partial charge on any atom is -0.388 e. The largest absolute Gasteiger partial charge is 0.388 e. The van der Waals surface area contributed by atoms with E-state index in [-0.39, 0.29) is 13.0 Å². The monoisotopic (exact) mass is 241 g/mol. The molecule has 0 aromatic carbocycles. The molecule has 2 unspecified atom stereocenters. The van der Waals surface area contributed by atoms with Gasteiger partial charge >= 0.3 is 0 Å². The van der Waals surface area contributed by atoms with E-state index in [1.54, 1.807) is 6.92 Å². The summed E-state index contributed by atoms with van der Waals surface area (Å²) in [6.07, 6.45) is 2.11. The van der Waals surface area contributed by atoms with Gasteiger partial charge in [0.15, 0.2) is 5.82 Å². The third-order valence-electron chi connectivity index (χ3n) is 2.98. The smallest absolute Gasteiger partial charge is 0.229 e. The zero-order chi connectivity index (χ0) is 12.3. The van der Waals surface area contributed by atoms with Gasteiger partial charge in [0, 0.05) is 26.2 Å². The Balaban J connectivity index is 1.91. The second-order valence-electron chi connectivity index (χ2n) is 4.92. The molecule has 2 heterocycles. The standard InChI is InChI=1S/C11H19N3O3/c1-11(15,7-12)5-10-13-9(14-17-10)4-8-2-3-16-6-8/h8,15H,2-7,12H2,1H3. The molecule has 1 aromatic rings. The molecule has 96 valence electrons. The highest BCUT2D eigenvalue weighted by Crippen LogP contribution is 2.17. The highest BCUT2D eigenvalue weighted by Gasteiger charge is 2.24. The van der Waals surface area contributed by atoms with Gasteiger partial charge in [-0.2, -0.15) is 4.98 Å². The summed E-state index contributed by atoms with van der Waals surface area (Å²) < 4.78 is 10.4. The van der Waals surface area contributed by atoms with Crippen molar-refractivity contribution in [2.45, 2.75) is 31.8 Å². The summed E-state index contributed by atoms with van der Waals surface area (Å²) in [5, 5.41) is 13.7. The summed E-state index contributed by atoms with van der Waals surface area (Å²) >= 11 is 0. The van der Waals surface area contributed by atoms with Gasteiger partial charge in [0.25, 0.3) is 0 Å². The van der Waals surface area contributed by atoms with E-state index in [0.717, 1.165) is 26.1 Å². The Labute approximate surface area is 100 Å². The molecule has 1 saturated heterocycles. The van der Waals surface area contributed by atoms with Crippen LogP contribution in [0.2, 0.25) is 0 Å². The van der Waals surface area contributed by atoms with Gasteiger partial charge in [0.2, 0.25) is 5.89 Å². The van der Waals surface area contributed by atoms with E-state index in [9.17, 15) is 5.11 Å². The molecule has 6 heteroatoms. The van der Waals surface area contributed by atoms with Crippen molar-refractivity contribution in [2.75, 3.05) is 19.8 Å². The second-order valence-corrected chi connectivity index (χ2v) is 4.92. The van der Waals surface area contributed by atoms with Crippen molar-refractivity contribution in [1.82, 2.24) is 10.1 Å². The molecule has 1 aromatic heterocycles. The zero-order valence-corrected chi connectivity index (χ0v) is 10.1. The molecule has 1 aliphatic rings. The molecular weight excluding hydrogens is 222 g/mol. The van der Waals surface area contributed by atoms with Crippen molar-refractivity contribution >= 4 is 0 Å². The molecule has 0 amide bonds. The number of aliphatic hydroxyl groups is 1. The van der Waals surface area contributed by atoms with Crippen LogP contribution in [0.3, 0.4) is 0 Å². The zero-order valence-electron chi connectivity index (χ0n) is 10.1. The minimum absolute atomic E-state index is 0.168. The molecule has 0 spiro atoms. The fourth-order valence-corrected chi connectivity index (χ4v) is 1.85. The first-order chi connectivity index (χ1) is 8.09. The Bertz CT molecular complexity index is 359. The molecule has 3 N–H and O–H groups in total. The summed E-state index contributed by atoms with van der Waals surface area (Å²) in [4.78, 5) is 4.26. The maximum atomic E-state index is 9.80. The lowest BCUT2D eigenvalue weighted by Gasteiger charge is -2.17. The number of nitrogens with zero attached hydrogens (tertiary/aromatic N) is 2. The first-order valence-corrected chi connectivity index (χ1v) is 5.91. The molecule has 0 saturated carbocycles. The molecule has 2 atom stereocenters. The molecule has 0 radical (unpaired) electrons. The van der Waals surface area contributed by atoms with Crippen LogP contribution in [0.25, 0.3) is 0 Å². The Morgan fingerprint density at radius 3 is 3.06 bits per heavy atom. The van der Waals surface area contributed by atoms with Crippen molar-refractivity contribution in [3.05, 3.63) is 11.7 Å². The highest BCUT2D eigenvalue weighted by atomic mass is 16.5. The number of rotatable bonds is 5. The molecule has 0 aliphatic carbocycles. The summed E-state index contributed by atoms with van der Waals surface area (Å²) in [5.41, 5.74) is 4.45. The fraction of sp³-hybridized carbons (Fsp3) is 0.818. The van der Waals surface area contributed by atoms with E-state index >= 15 is 0 Å². The Hall–Kier alpha value is -0.980. The maximum Gasteiger partial charge on any atom is 0.229 e. The van der Waals surface area contributed by atoms with E-state index in [1.165, 1.54) is 0 Å². The van der Waals surface area contributed by atoms with Gasteiger partial charge in [0.05, 0.1) is 12.0 Å². The molecular formula is C11H19N3O3.